The highest BCUT2D eigenvalue weighted by atomic mass is 31.2. The normalized spacial score (nSPS) is 28.9. The molecule has 0 amide bonds. The molecule has 3 atom stereocenters. The SMILES string of the molecule is Nc1ccn([C@@]2(CO)C[C@H](O)[C@@H](COP(=O)(O)O)O2)c(=O)n1. The molecule has 1 fully saturated rings. The van der Waals surface area contributed by atoms with Crippen LogP contribution in [-0.4, -0.2) is 55.0 Å². The lowest BCUT2D eigenvalue weighted by molar-refractivity contribution is -0.141. The van der Waals surface area contributed by atoms with Crippen molar-refractivity contribution in [3.05, 3.63) is 22.7 Å². The van der Waals surface area contributed by atoms with Crippen molar-refractivity contribution in [2.45, 2.75) is 24.4 Å². The number of ether oxygens (including phenoxy) is 1. The Hall–Kier alpha value is -1.33. The summed E-state index contributed by atoms with van der Waals surface area (Å²) in [4.78, 5) is 32.7. The first kappa shape index (κ1) is 17.0. The minimum atomic E-state index is -4.73. The summed E-state index contributed by atoms with van der Waals surface area (Å²) >= 11 is 0. The maximum absolute atomic E-state index is 11.9. The van der Waals surface area contributed by atoms with Gasteiger partial charge in [-0.1, -0.05) is 0 Å². The van der Waals surface area contributed by atoms with Crippen molar-refractivity contribution >= 4 is 13.6 Å². The standard InChI is InChI=1S/C10H16N3O8P/c11-8-1-2-13(9(16)12-8)10(5-14)3-6(15)7(21-10)4-20-22(17,18)19/h1-2,6-7,14-15H,3-5H2,(H2,11,12,16)(H2,17,18,19)/t6-,7+,10-/m0/s1. The third-order valence-corrected chi connectivity index (χ3v) is 3.73. The second-order valence-corrected chi connectivity index (χ2v) is 6.06. The highest BCUT2D eigenvalue weighted by molar-refractivity contribution is 7.46. The van der Waals surface area contributed by atoms with Gasteiger partial charge in [-0.05, 0) is 6.07 Å². The molecule has 11 nitrogen and oxygen atoms in total. The van der Waals surface area contributed by atoms with Gasteiger partial charge in [0, 0.05) is 12.6 Å². The Labute approximate surface area is 124 Å². The second kappa shape index (κ2) is 6.05. The van der Waals surface area contributed by atoms with E-state index in [1.54, 1.807) is 0 Å². The van der Waals surface area contributed by atoms with Crippen LogP contribution < -0.4 is 11.4 Å². The van der Waals surface area contributed by atoms with E-state index in [-0.39, 0.29) is 12.2 Å². The molecule has 12 heteroatoms. The highest BCUT2D eigenvalue weighted by Crippen LogP contribution is 2.39. The molecule has 0 aromatic carbocycles. The number of aliphatic hydroxyl groups excluding tert-OH is 2. The average molecular weight is 337 g/mol. The summed E-state index contributed by atoms with van der Waals surface area (Å²) in [6.07, 6.45) is -1.28. The maximum atomic E-state index is 11.9. The first-order valence-electron chi connectivity index (χ1n) is 6.19. The smallest absolute Gasteiger partial charge is 0.391 e. The van der Waals surface area contributed by atoms with Gasteiger partial charge in [-0.2, -0.15) is 4.98 Å². The van der Waals surface area contributed by atoms with Gasteiger partial charge in [-0.25, -0.2) is 9.36 Å². The quantitative estimate of drug-likeness (QED) is 0.368. The number of hydrogen-bond acceptors (Lipinski definition) is 8. The fourth-order valence-corrected chi connectivity index (χ4v) is 2.58. The van der Waals surface area contributed by atoms with Crippen molar-refractivity contribution in [3.63, 3.8) is 0 Å². The Morgan fingerprint density at radius 2 is 2.27 bits per heavy atom. The van der Waals surface area contributed by atoms with Crippen molar-refractivity contribution < 1.29 is 33.8 Å². The number of phosphoric ester groups is 1. The molecule has 1 saturated heterocycles. The molecule has 22 heavy (non-hydrogen) atoms. The molecule has 1 aromatic heterocycles. The van der Waals surface area contributed by atoms with E-state index in [1.807, 2.05) is 0 Å². The summed E-state index contributed by atoms with van der Waals surface area (Å²) < 4.78 is 21.4. The fourth-order valence-electron chi connectivity index (χ4n) is 2.24. The third kappa shape index (κ3) is 3.52. The summed E-state index contributed by atoms with van der Waals surface area (Å²) in [7, 11) is -4.73. The van der Waals surface area contributed by atoms with Gasteiger partial charge in [0.1, 0.15) is 11.9 Å². The van der Waals surface area contributed by atoms with E-state index in [2.05, 4.69) is 9.51 Å². The Morgan fingerprint density at radius 3 is 2.82 bits per heavy atom. The van der Waals surface area contributed by atoms with Gasteiger partial charge in [-0.3, -0.25) is 9.09 Å². The monoisotopic (exact) mass is 337 g/mol. The highest BCUT2D eigenvalue weighted by Gasteiger charge is 2.48. The Balaban J connectivity index is 2.25. The van der Waals surface area contributed by atoms with Crippen LogP contribution in [-0.2, 0) is 19.6 Å². The predicted octanol–water partition coefficient (Wildman–Crippen LogP) is -2.27. The fraction of sp³-hybridized carbons (Fsp3) is 0.600. The largest absolute Gasteiger partial charge is 0.469 e. The molecule has 2 rings (SSSR count). The lowest BCUT2D eigenvalue weighted by atomic mass is 10.1. The molecule has 0 unspecified atom stereocenters. The van der Waals surface area contributed by atoms with Crippen molar-refractivity contribution in [1.29, 1.82) is 0 Å². The van der Waals surface area contributed by atoms with Gasteiger partial charge < -0.3 is 30.5 Å². The average Bonchev–Trinajstić information content (AvgIpc) is 2.73. The lowest BCUT2D eigenvalue weighted by Crippen LogP contribution is -2.45. The minimum absolute atomic E-state index is 0.0192. The molecule has 1 aliphatic heterocycles. The van der Waals surface area contributed by atoms with Crippen molar-refractivity contribution in [3.8, 4) is 0 Å². The van der Waals surface area contributed by atoms with Gasteiger partial charge in [0.25, 0.3) is 0 Å². The van der Waals surface area contributed by atoms with Crippen LogP contribution in [0.2, 0.25) is 0 Å². The summed E-state index contributed by atoms with van der Waals surface area (Å²) in [6, 6.07) is 1.31. The Kier molecular flexibility index (Phi) is 4.68. The topological polar surface area (TPSA) is 177 Å². The predicted molar refractivity (Wildman–Crippen MR) is 71.5 cm³/mol. The van der Waals surface area contributed by atoms with Crippen LogP contribution in [0.25, 0.3) is 0 Å². The zero-order valence-corrected chi connectivity index (χ0v) is 12.2. The number of nitrogen functional groups attached to an aromatic ring is 1. The number of rotatable bonds is 5. The molecule has 1 aromatic rings. The van der Waals surface area contributed by atoms with Crippen LogP contribution in [0.5, 0.6) is 0 Å². The summed E-state index contributed by atoms with van der Waals surface area (Å²) in [5, 5.41) is 19.5. The number of aromatic nitrogens is 2. The second-order valence-electron chi connectivity index (χ2n) is 4.82. The van der Waals surface area contributed by atoms with Crippen LogP contribution >= 0.6 is 7.82 Å². The van der Waals surface area contributed by atoms with Gasteiger partial charge in [0.05, 0.1) is 19.3 Å². The molecule has 0 radical (unpaired) electrons. The van der Waals surface area contributed by atoms with Crippen LogP contribution in [0.1, 0.15) is 6.42 Å². The van der Waals surface area contributed by atoms with Gasteiger partial charge in [0.15, 0.2) is 5.72 Å². The molecular formula is C10H16N3O8P. The van der Waals surface area contributed by atoms with Crippen LogP contribution in [0.3, 0.4) is 0 Å². The summed E-state index contributed by atoms with van der Waals surface area (Å²) in [5.41, 5.74) is 2.97. The van der Waals surface area contributed by atoms with Crippen LogP contribution in [0, 0.1) is 0 Å². The van der Waals surface area contributed by atoms with E-state index < -0.39 is 44.7 Å². The number of nitrogens with zero attached hydrogens (tertiary/aromatic N) is 2. The van der Waals surface area contributed by atoms with Crippen molar-refractivity contribution in [2.75, 3.05) is 18.9 Å². The molecule has 124 valence electrons. The van der Waals surface area contributed by atoms with Crippen molar-refractivity contribution in [1.82, 2.24) is 9.55 Å². The van der Waals surface area contributed by atoms with E-state index in [1.165, 1.54) is 12.3 Å². The number of hydrogen-bond donors (Lipinski definition) is 5. The van der Waals surface area contributed by atoms with Crippen molar-refractivity contribution in [2.24, 2.45) is 0 Å². The van der Waals surface area contributed by atoms with E-state index in [0.29, 0.717) is 0 Å². The Morgan fingerprint density at radius 1 is 1.59 bits per heavy atom. The molecule has 1 aliphatic rings. The van der Waals surface area contributed by atoms with E-state index in [9.17, 15) is 19.6 Å². The van der Waals surface area contributed by atoms with Crippen LogP contribution in [0.15, 0.2) is 17.1 Å². The van der Waals surface area contributed by atoms with E-state index in [0.717, 1.165) is 4.57 Å². The molecule has 0 spiro atoms. The molecule has 6 N–H and O–H groups in total. The minimum Gasteiger partial charge on any atom is -0.391 e. The molecule has 0 bridgehead atoms. The number of anilines is 1. The summed E-state index contributed by atoms with van der Waals surface area (Å²) in [5.74, 6) is -0.0192. The first-order chi connectivity index (χ1) is 10.2. The molecule has 0 saturated carbocycles. The van der Waals surface area contributed by atoms with Crippen LogP contribution in [0.4, 0.5) is 5.82 Å². The maximum Gasteiger partial charge on any atom is 0.469 e. The zero-order valence-electron chi connectivity index (χ0n) is 11.3. The first-order valence-corrected chi connectivity index (χ1v) is 7.72. The third-order valence-electron chi connectivity index (χ3n) is 3.25. The number of nitrogens with two attached hydrogens (primary N) is 1. The Bertz CT molecular complexity index is 645. The number of phosphoric acid groups is 1. The zero-order chi connectivity index (χ0) is 16.5. The summed E-state index contributed by atoms with van der Waals surface area (Å²) in [6.45, 7) is -1.27. The van der Waals surface area contributed by atoms with Gasteiger partial charge >= 0.3 is 13.5 Å². The van der Waals surface area contributed by atoms with E-state index in [4.69, 9.17) is 20.3 Å². The molecule has 2 heterocycles. The molecule has 0 aliphatic carbocycles. The number of aliphatic hydroxyl groups is 2. The van der Waals surface area contributed by atoms with Gasteiger partial charge in [-0.15, -0.1) is 0 Å². The lowest BCUT2D eigenvalue weighted by Gasteiger charge is -2.28. The molecular weight excluding hydrogens is 321 g/mol. The van der Waals surface area contributed by atoms with Gasteiger partial charge in [0.2, 0.25) is 0 Å². The van der Waals surface area contributed by atoms with E-state index >= 15 is 0 Å².